The summed E-state index contributed by atoms with van der Waals surface area (Å²) in [6.45, 7) is 0.738. The van der Waals surface area contributed by atoms with Gasteiger partial charge in [0.05, 0.1) is 12.5 Å². The van der Waals surface area contributed by atoms with Crippen LogP contribution in [-0.4, -0.2) is 29.2 Å². The number of carbonyl (C=O) groups is 2. The van der Waals surface area contributed by atoms with Gasteiger partial charge >= 0.3 is 0 Å². The van der Waals surface area contributed by atoms with Crippen LogP contribution in [0.1, 0.15) is 28.1 Å². The zero-order chi connectivity index (χ0) is 13.0. The third kappa shape index (κ3) is 1.49. The monoisotopic (exact) mass is 271 g/mol. The molecular weight excluding hydrogens is 258 g/mol. The first-order valence-corrected chi connectivity index (χ1v) is 7.41. The number of hydrogen-bond acceptors (Lipinski definition) is 3. The SMILES string of the molecule is O=C1c2c(sc3ccccc23)CC(=O)N2CCC[C@@H]12. The first-order valence-electron chi connectivity index (χ1n) is 6.60. The van der Waals surface area contributed by atoms with E-state index in [1.165, 1.54) is 0 Å². The van der Waals surface area contributed by atoms with Gasteiger partial charge in [0.25, 0.3) is 0 Å². The first-order chi connectivity index (χ1) is 9.25. The second-order valence-corrected chi connectivity index (χ2v) is 6.32. The van der Waals surface area contributed by atoms with Crippen LogP contribution in [0, 0.1) is 0 Å². The second-order valence-electron chi connectivity index (χ2n) is 5.18. The summed E-state index contributed by atoms with van der Waals surface area (Å²) in [6, 6.07) is 7.75. The maximum atomic E-state index is 12.8. The summed E-state index contributed by atoms with van der Waals surface area (Å²) in [5, 5.41) is 1.02. The predicted octanol–water partition coefficient (Wildman–Crippen LogP) is 2.63. The third-order valence-corrected chi connectivity index (χ3v) is 5.27. The molecule has 0 aliphatic carbocycles. The molecule has 2 aromatic rings. The molecule has 3 nitrogen and oxygen atoms in total. The van der Waals surface area contributed by atoms with E-state index in [0.29, 0.717) is 6.42 Å². The molecule has 0 saturated carbocycles. The number of hydrogen-bond donors (Lipinski definition) is 0. The van der Waals surface area contributed by atoms with Gasteiger partial charge in [0.1, 0.15) is 0 Å². The molecule has 19 heavy (non-hydrogen) atoms. The van der Waals surface area contributed by atoms with Gasteiger partial charge < -0.3 is 4.90 Å². The summed E-state index contributed by atoms with van der Waals surface area (Å²) in [4.78, 5) is 27.7. The molecule has 1 amide bonds. The van der Waals surface area contributed by atoms with Gasteiger partial charge in [-0.05, 0) is 18.9 Å². The van der Waals surface area contributed by atoms with Crippen molar-refractivity contribution in [1.29, 1.82) is 0 Å². The van der Waals surface area contributed by atoms with Gasteiger partial charge in [-0.1, -0.05) is 18.2 Å². The van der Waals surface area contributed by atoms with E-state index in [0.717, 1.165) is 39.9 Å². The maximum Gasteiger partial charge on any atom is 0.228 e. The molecule has 2 aliphatic rings. The molecular formula is C15H13NO2S. The fourth-order valence-electron chi connectivity index (χ4n) is 3.23. The molecule has 4 heteroatoms. The maximum absolute atomic E-state index is 12.8. The lowest BCUT2D eigenvalue weighted by Crippen LogP contribution is -2.38. The van der Waals surface area contributed by atoms with Crippen molar-refractivity contribution in [2.75, 3.05) is 6.54 Å². The van der Waals surface area contributed by atoms with Crippen molar-refractivity contribution in [3.63, 3.8) is 0 Å². The average molecular weight is 271 g/mol. The molecule has 0 N–H and O–H groups in total. The molecule has 3 heterocycles. The van der Waals surface area contributed by atoms with Crippen LogP contribution in [-0.2, 0) is 11.2 Å². The van der Waals surface area contributed by atoms with Crippen molar-refractivity contribution in [1.82, 2.24) is 4.90 Å². The Morgan fingerprint density at radius 2 is 2.05 bits per heavy atom. The number of ketones is 1. The molecule has 1 saturated heterocycles. The summed E-state index contributed by atoms with van der Waals surface area (Å²) < 4.78 is 1.11. The van der Waals surface area contributed by atoms with Crippen LogP contribution in [0.5, 0.6) is 0 Å². The van der Waals surface area contributed by atoms with Crippen LogP contribution >= 0.6 is 11.3 Å². The van der Waals surface area contributed by atoms with Crippen LogP contribution < -0.4 is 0 Å². The van der Waals surface area contributed by atoms with Crippen molar-refractivity contribution in [3.05, 3.63) is 34.7 Å². The third-order valence-electron chi connectivity index (χ3n) is 4.10. The molecule has 2 aliphatic heterocycles. The van der Waals surface area contributed by atoms with Gasteiger partial charge in [0, 0.05) is 27.1 Å². The number of thiophene rings is 1. The van der Waals surface area contributed by atoms with E-state index in [-0.39, 0.29) is 17.7 Å². The van der Waals surface area contributed by atoms with E-state index in [1.807, 2.05) is 24.3 Å². The number of benzene rings is 1. The smallest absolute Gasteiger partial charge is 0.228 e. The minimum atomic E-state index is -0.216. The van der Waals surface area contributed by atoms with E-state index in [9.17, 15) is 9.59 Å². The fraction of sp³-hybridized carbons (Fsp3) is 0.333. The second kappa shape index (κ2) is 3.90. The summed E-state index contributed by atoms with van der Waals surface area (Å²) in [6.07, 6.45) is 2.14. The number of carbonyl (C=O) groups excluding carboxylic acids is 2. The highest BCUT2D eigenvalue weighted by Gasteiger charge is 2.39. The minimum absolute atomic E-state index is 0.112. The number of fused-ring (bicyclic) bond motifs is 4. The van der Waals surface area contributed by atoms with E-state index >= 15 is 0 Å². The molecule has 0 bridgehead atoms. The molecule has 1 aromatic carbocycles. The fourth-order valence-corrected chi connectivity index (χ4v) is 4.43. The van der Waals surface area contributed by atoms with E-state index in [1.54, 1.807) is 16.2 Å². The van der Waals surface area contributed by atoms with E-state index in [4.69, 9.17) is 0 Å². The summed E-state index contributed by atoms with van der Waals surface area (Å²) >= 11 is 1.59. The van der Waals surface area contributed by atoms with Crippen molar-refractivity contribution in [2.24, 2.45) is 0 Å². The molecule has 4 rings (SSSR count). The number of nitrogens with zero attached hydrogens (tertiary/aromatic N) is 1. The van der Waals surface area contributed by atoms with Crippen molar-refractivity contribution in [2.45, 2.75) is 25.3 Å². The Kier molecular flexibility index (Phi) is 2.30. The Morgan fingerprint density at radius 1 is 1.21 bits per heavy atom. The zero-order valence-electron chi connectivity index (χ0n) is 10.4. The highest BCUT2D eigenvalue weighted by atomic mass is 32.1. The molecule has 1 fully saturated rings. The van der Waals surface area contributed by atoms with Crippen LogP contribution in [0.3, 0.4) is 0 Å². The van der Waals surface area contributed by atoms with Crippen molar-refractivity contribution in [3.8, 4) is 0 Å². The highest BCUT2D eigenvalue weighted by molar-refractivity contribution is 7.19. The van der Waals surface area contributed by atoms with Gasteiger partial charge in [0.2, 0.25) is 5.91 Å². The van der Waals surface area contributed by atoms with Crippen LogP contribution in [0.4, 0.5) is 0 Å². The number of amides is 1. The van der Waals surface area contributed by atoms with Gasteiger partial charge in [-0.25, -0.2) is 0 Å². The number of Topliss-reactive ketones (excluding diaryl/α,β-unsaturated/α-hetero) is 1. The Bertz CT molecular complexity index is 703. The summed E-state index contributed by atoms with van der Waals surface area (Å²) in [5.74, 6) is 0.261. The lowest BCUT2D eigenvalue weighted by molar-refractivity contribution is -0.130. The molecule has 0 unspecified atom stereocenters. The molecule has 0 radical (unpaired) electrons. The Morgan fingerprint density at radius 3 is 2.95 bits per heavy atom. The van der Waals surface area contributed by atoms with E-state index in [2.05, 4.69) is 0 Å². The van der Waals surface area contributed by atoms with Gasteiger partial charge in [-0.3, -0.25) is 9.59 Å². The lowest BCUT2D eigenvalue weighted by Gasteiger charge is -2.20. The van der Waals surface area contributed by atoms with Gasteiger partial charge in [0.15, 0.2) is 5.78 Å². The van der Waals surface area contributed by atoms with Gasteiger partial charge in [-0.2, -0.15) is 0 Å². The molecule has 96 valence electrons. The van der Waals surface area contributed by atoms with Gasteiger partial charge in [-0.15, -0.1) is 11.3 Å². The van der Waals surface area contributed by atoms with E-state index < -0.39 is 0 Å². The highest BCUT2D eigenvalue weighted by Crippen LogP contribution is 2.37. The van der Waals surface area contributed by atoms with Crippen molar-refractivity contribution < 1.29 is 9.59 Å². The predicted molar refractivity (Wildman–Crippen MR) is 74.6 cm³/mol. The standard InChI is InChI=1S/C15H13NO2S/c17-13-8-12-14(9-4-1-2-6-11(9)19-12)15(18)10-5-3-7-16(10)13/h1-2,4,6,10H,3,5,7-8H2/t10-/m0/s1. The lowest BCUT2D eigenvalue weighted by atomic mass is 10.00. The van der Waals surface area contributed by atoms with Crippen molar-refractivity contribution >= 4 is 33.1 Å². The molecule has 1 aromatic heterocycles. The molecule has 1 atom stereocenters. The Labute approximate surface area is 114 Å². The summed E-state index contributed by atoms with van der Waals surface area (Å²) in [7, 11) is 0. The number of rotatable bonds is 0. The molecule has 0 spiro atoms. The quantitative estimate of drug-likeness (QED) is 0.738. The largest absolute Gasteiger partial charge is 0.332 e. The zero-order valence-corrected chi connectivity index (χ0v) is 11.2. The Balaban J connectivity index is 1.97. The van der Waals surface area contributed by atoms with Crippen LogP contribution in [0.25, 0.3) is 10.1 Å². The van der Waals surface area contributed by atoms with Crippen LogP contribution in [0.2, 0.25) is 0 Å². The Hall–Kier alpha value is -1.68. The average Bonchev–Trinajstić information content (AvgIpc) is 3.00. The summed E-state index contributed by atoms with van der Waals surface area (Å²) in [5.41, 5.74) is 0.809. The normalized spacial score (nSPS) is 22.5. The topological polar surface area (TPSA) is 37.4 Å². The first kappa shape index (κ1) is 11.2. The van der Waals surface area contributed by atoms with Crippen LogP contribution in [0.15, 0.2) is 24.3 Å². The minimum Gasteiger partial charge on any atom is -0.332 e.